The first kappa shape index (κ1) is 17.1. The summed E-state index contributed by atoms with van der Waals surface area (Å²) in [4.78, 5) is 8.42. The monoisotopic (exact) mass is 464 g/mol. The lowest BCUT2D eigenvalue weighted by Crippen LogP contribution is -1.84. The Morgan fingerprint density at radius 2 is 0.808 bits per heavy atom. The molecule has 0 N–H and O–H groups in total. The molecule has 0 spiro atoms. The SMILES string of the molecule is Brc1ccncc1-c1ccc(-c2ccc(-c3cnccc3Br)cc2)cc1. The molecule has 2 aromatic carbocycles. The van der Waals surface area contributed by atoms with Crippen LogP contribution in [0.2, 0.25) is 0 Å². The van der Waals surface area contributed by atoms with E-state index in [1.165, 1.54) is 11.1 Å². The molecule has 0 aliphatic heterocycles. The number of rotatable bonds is 3. The van der Waals surface area contributed by atoms with E-state index in [0.717, 1.165) is 31.2 Å². The van der Waals surface area contributed by atoms with Crippen LogP contribution in [-0.2, 0) is 0 Å². The first-order valence-corrected chi connectivity index (χ1v) is 9.71. The number of nitrogens with zero attached hydrogens (tertiary/aromatic N) is 2. The molecule has 0 saturated heterocycles. The summed E-state index contributed by atoms with van der Waals surface area (Å²) in [6.07, 6.45) is 7.31. The fraction of sp³-hybridized carbons (Fsp3) is 0. The molecule has 2 aromatic heterocycles. The summed E-state index contributed by atoms with van der Waals surface area (Å²) in [6, 6.07) is 21.0. The second-order valence-corrected chi connectivity index (χ2v) is 7.57. The maximum atomic E-state index is 4.21. The summed E-state index contributed by atoms with van der Waals surface area (Å²) in [6.45, 7) is 0. The van der Waals surface area contributed by atoms with Crippen molar-refractivity contribution in [2.75, 3.05) is 0 Å². The lowest BCUT2D eigenvalue weighted by molar-refractivity contribution is 1.31. The molecule has 0 atom stereocenters. The topological polar surface area (TPSA) is 25.8 Å². The lowest BCUT2D eigenvalue weighted by Gasteiger charge is -2.08. The highest BCUT2D eigenvalue weighted by atomic mass is 79.9. The Morgan fingerprint density at radius 3 is 1.15 bits per heavy atom. The van der Waals surface area contributed by atoms with E-state index in [2.05, 4.69) is 90.4 Å². The van der Waals surface area contributed by atoms with Crippen LogP contribution in [0.5, 0.6) is 0 Å². The number of hydrogen-bond donors (Lipinski definition) is 0. The Kier molecular flexibility index (Phi) is 4.96. The van der Waals surface area contributed by atoms with Gasteiger partial charge in [0.2, 0.25) is 0 Å². The molecule has 0 fully saturated rings. The summed E-state index contributed by atoms with van der Waals surface area (Å²) in [5, 5.41) is 0. The molecular formula is C22H14Br2N2. The van der Waals surface area contributed by atoms with Crippen molar-refractivity contribution < 1.29 is 0 Å². The number of aromatic nitrogens is 2. The highest BCUT2D eigenvalue weighted by molar-refractivity contribution is 9.11. The predicted octanol–water partition coefficient (Wildman–Crippen LogP) is 7.00. The summed E-state index contributed by atoms with van der Waals surface area (Å²) in [7, 11) is 0. The highest BCUT2D eigenvalue weighted by Gasteiger charge is 2.06. The maximum absolute atomic E-state index is 4.21. The average molecular weight is 466 g/mol. The van der Waals surface area contributed by atoms with Crippen LogP contribution < -0.4 is 0 Å². The van der Waals surface area contributed by atoms with E-state index in [4.69, 9.17) is 0 Å². The highest BCUT2D eigenvalue weighted by Crippen LogP contribution is 2.31. The van der Waals surface area contributed by atoms with Crippen molar-refractivity contribution in [1.29, 1.82) is 0 Å². The van der Waals surface area contributed by atoms with Crippen molar-refractivity contribution in [1.82, 2.24) is 9.97 Å². The average Bonchev–Trinajstić information content (AvgIpc) is 2.69. The van der Waals surface area contributed by atoms with E-state index in [0.29, 0.717) is 0 Å². The Morgan fingerprint density at radius 1 is 0.462 bits per heavy atom. The number of pyridine rings is 2. The molecule has 0 bridgehead atoms. The Labute approximate surface area is 169 Å². The summed E-state index contributed by atoms with van der Waals surface area (Å²) < 4.78 is 2.10. The lowest BCUT2D eigenvalue weighted by atomic mass is 9.99. The molecule has 0 unspecified atom stereocenters. The van der Waals surface area contributed by atoms with Gasteiger partial charge in [-0.15, -0.1) is 0 Å². The van der Waals surface area contributed by atoms with Crippen LogP contribution in [0.4, 0.5) is 0 Å². The van der Waals surface area contributed by atoms with Crippen molar-refractivity contribution in [2.45, 2.75) is 0 Å². The van der Waals surface area contributed by atoms with Crippen molar-refractivity contribution in [3.8, 4) is 33.4 Å². The molecule has 2 heterocycles. The standard InChI is InChI=1S/C22H14Br2N2/c23-21-9-11-25-13-19(21)17-5-1-15(2-6-17)16-3-7-18(8-4-16)20-14-26-12-10-22(20)24/h1-14H. The summed E-state index contributed by atoms with van der Waals surface area (Å²) in [5.41, 5.74) is 6.84. The van der Waals surface area contributed by atoms with Gasteiger partial charge in [0.25, 0.3) is 0 Å². The van der Waals surface area contributed by atoms with Gasteiger partial charge in [-0.2, -0.15) is 0 Å². The minimum Gasteiger partial charge on any atom is -0.264 e. The number of benzene rings is 2. The predicted molar refractivity (Wildman–Crippen MR) is 114 cm³/mol. The zero-order valence-electron chi connectivity index (χ0n) is 13.7. The van der Waals surface area contributed by atoms with Crippen molar-refractivity contribution in [3.05, 3.63) is 94.4 Å². The third-order valence-electron chi connectivity index (χ3n) is 4.26. The molecule has 0 amide bonds. The van der Waals surface area contributed by atoms with Gasteiger partial charge in [-0.3, -0.25) is 9.97 Å². The van der Waals surface area contributed by atoms with Crippen molar-refractivity contribution in [2.24, 2.45) is 0 Å². The fourth-order valence-electron chi connectivity index (χ4n) is 2.86. The van der Waals surface area contributed by atoms with Crippen molar-refractivity contribution in [3.63, 3.8) is 0 Å². The van der Waals surface area contributed by atoms with Gasteiger partial charge in [-0.25, -0.2) is 0 Å². The van der Waals surface area contributed by atoms with Gasteiger partial charge in [0.1, 0.15) is 0 Å². The van der Waals surface area contributed by atoms with Gasteiger partial charge in [-0.1, -0.05) is 80.4 Å². The van der Waals surface area contributed by atoms with Gasteiger partial charge in [0.05, 0.1) is 0 Å². The molecule has 0 saturated carbocycles. The quantitative estimate of drug-likeness (QED) is 0.325. The Bertz CT molecular complexity index is 955. The van der Waals surface area contributed by atoms with Gasteiger partial charge in [0.15, 0.2) is 0 Å². The molecule has 2 nitrogen and oxygen atoms in total. The van der Waals surface area contributed by atoms with Crippen LogP contribution in [0.3, 0.4) is 0 Å². The number of halogens is 2. The van der Waals surface area contributed by atoms with Crippen molar-refractivity contribution >= 4 is 31.9 Å². The molecule has 4 rings (SSSR count). The third-order valence-corrected chi connectivity index (χ3v) is 5.64. The van der Waals surface area contributed by atoms with Gasteiger partial charge in [0, 0.05) is 44.9 Å². The first-order valence-electron chi connectivity index (χ1n) is 8.12. The Hall–Kier alpha value is -2.30. The molecule has 0 radical (unpaired) electrons. The van der Waals surface area contributed by atoms with E-state index < -0.39 is 0 Å². The molecule has 26 heavy (non-hydrogen) atoms. The van der Waals surface area contributed by atoms with Gasteiger partial charge < -0.3 is 0 Å². The summed E-state index contributed by atoms with van der Waals surface area (Å²) in [5.74, 6) is 0. The zero-order chi connectivity index (χ0) is 17.9. The molecule has 0 aliphatic carbocycles. The zero-order valence-corrected chi connectivity index (χ0v) is 16.9. The van der Waals surface area contributed by atoms with Crippen LogP contribution in [0, 0.1) is 0 Å². The minimum absolute atomic E-state index is 1.05. The van der Waals surface area contributed by atoms with Gasteiger partial charge >= 0.3 is 0 Å². The van der Waals surface area contributed by atoms with E-state index in [-0.39, 0.29) is 0 Å². The first-order chi connectivity index (χ1) is 12.7. The molecule has 126 valence electrons. The normalized spacial score (nSPS) is 10.7. The molecule has 0 aliphatic rings. The molecule has 4 heteroatoms. The van der Waals surface area contributed by atoms with E-state index >= 15 is 0 Å². The smallest absolute Gasteiger partial charge is 0.0357 e. The number of hydrogen-bond acceptors (Lipinski definition) is 2. The Balaban J connectivity index is 1.62. The van der Waals surface area contributed by atoms with E-state index in [1.54, 1.807) is 12.4 Å². The third kappa shape index (κ3) is 3.48. The van der Waals surface area contributed by atoms with Crippen LogP contribution in [0.25, 0.3) is 33.4 Å². The van der Waals surface area contributed by atoms with E-state index in [1.807, 2.05) is 24.5 Å². The summed E-state index contributed by atoms with van der Waals surface area (Å²) >= 11 is 7.17. The van der Waals surface area contributed by atoms with Crippen LogP contribution >= 0.6 is 31.9 Å². The fourth-order valence-corrected chi connectivity index (χ4v) is 3.76. The minimum atomic E-state index is 1.05. The second kappa shape index (κ2) is 7.52. The maximum Gasteiger partial charge on any atom is 0.0357 e. The van der Waals surface area contributed by atoms with Crippen LogP contribution in [-0.4, -0.2) is 9.97 Å². The second-order valence-electron chi connectivity index (χ2n) is 5.87. The van der Waals surface area contributed by atoms with Crippen LogP contribution in [0.1, 0.15) is 0 Å². The van der Waals surface area contributed by atoms with Crippen LogP contribution in [0.15, 0.2) is 94.4 Å². The van der Waals surface area contributed by atoms with Gasteiger partial charge in [-0.05, 0) is 34.4 Å². The van der Waals surface area contributed by atoms with E-state index in [9.17, 15) is 0 Å². The molecular weight excluding hydrogens is 452 g/mol. The largest absolute Gasteiger partial charge is 0.264 e. The molecule has 4 aromatic rings.